The van der Waals surface area contributed by atoms with E-state index < -0.39 is 0 Å². The summed E-state index contributed by atoms with van der Waals surface area (Å²) < 4.78 is 1.03. The fraction of sp³-hybridized carbons (Fsp3) is 0.545. The van der Waals surface area contributed by atoms with Crippen molar-refractivity contribution in [3.05, 3.63) is 20.3 Å². The number of nitrogens with one attached hydrogen (secondary N) is 1. The zero-order valence-electron chi connectivity index (χ0n) is 9.48. The van der Waals surface area contributed by atoms with Crippen LogP contribution >= 0.6 is 27.3 Å². The van der Waals surface area contributed by atoms with Crippen LogP contribution in [0.2, 0.25) is 0 Å². The summed E-state index contributed by atoms with van der Waals surface area (Å²) in [6, 6.07) is 1.91. The molecule has 0 saturated carbocycles. The van der Waals surface area contributed by atoms with E-state index in [1.165, 1.54) is 11.3 Å². The number of carbonyl (C=O) groups excluding carboxylic acids is 1. The predicted octanol–water partition coefficient (Wildman–Crippen LogP) is 3.74. The Kier molecular flexibility index (Phi) is 3.95. The Morgan fingerprint density at radius 2 is 2.20 bits per heavy atom. The van der Waals surface area contributed by atoms with E-state index in [0.29, 0.717) is 0 Å². The van der Waals surface area contributed by atoms with Gasteiger partial charge in [-0.25, -0.2) is 0 Å². The van der Waals surface area contributed by atoms with E-state index in [9.17, 15) is 4.79 Å². The Morgan fingerprint density at radius 1 is 1.60 bits per heavy atom. The van der Waals surface area contributed by atoms with Crippen LogP contribution in [0.4, 0.5) is 0 Å². The van der Waals surface area contributed by atoms with E-state index in [4.69, 9.17) is 0 Å². The average Bonchev–Trinajstić information content (AvgIpc) is 2.47. The number of aryl methyl sites for hydroxylation is 1. The van der Waals surface area contributed by atoms with Gasteiger partial charge in [0.25, 0.3) is 5.91 Å². The van der Waals surface area contributed by atoms with Gasteiger partial charge in [0.15, 0.2) is 0 Å². The van der Waals surface area contributed by atoms with Gasteiger partial charge in [-0.15, -0.1) is 11.3 Å². The van der Waals surface area contributed by atoms with E-state index in [1.807, 2.05) is 26.8 Å². The van der Waals surface area contributed by atoms with Crippen molar-refractivity contribution in [1.29, 1.82) is 0 Å². The van der Waals surface area contributed by atoms with Gasteiger partial charge in [-0.05, 0) is 54.8 Å². The molecule has 0 aliphatic heterocycles. The SMILES string of the molecule is CCC(C)(C)NC(=O)c1cc(C)c(Br)s1. The molecule has 4 heteroatoms. The highest BCUT2D eigenvalue weighted by atomic mass is 79.9. The van der Waals surface area contributed by atoms with Crippen molar-refractivity contribution < 1.29 is 4.79 Å². The molecule has 2 nitrogen and oxygen atoms in total. The minimum Gasteiger partial charge on any atom is -0.346 e. The van der Waals surface area contributed by atoms with E-state index >= 15 is 0 Å². The number of amides is 1. The molecular formula is C11H16BrNOS. The van der Waals surface area contributed by atoms with Crippen LogP contribution in [0.5, 0.6) is 0 Å². The maximum atomic E-state index is 11.9. The van der Waals surface area contributed by atoms with Crippen LogP contribution in [0.3, 0.4) is 0 Å². The summed E-state index contributed by atoms with van der Waals surface area (Å²) in [5.74, 6) is 0.0145. The first-order chi connectivity index (χ1) is 6.85. The highest BCUT2D eigenvalue weighted by Gasteiger charge is 2.20. The summed E-state index contributed by atoms with van der Waals surface area (Å²) in [6.45, 7) is 8.11. The lowest BCUT2D eigenvalue weighted by atomic mass is 10.0. The van der Waals surface area contributed by atoms with Crippen molar-refractivity contribution >= 4 is 33.2 Å². The molecule has 1 amide bonds. The topological polar surface area (TPSA) is 29.1 Å². The Bertz CT molecular complexity index is 351. The van der Waals surface area contributed by atoms with Crippen molar-refractivity contribution in [1.82, 2.24) is 5.32 Å². The van der Waals surface area contributed by atoms with Gasteiger partial charge < -0.3 is 5.32 Å². The fourth-order valence-corrected chi connectivity index (χ4v) is 2.46. The molecule has 0 atom stereocenters. The first-order valence-corrected chi connectivity index (χ1v) is 6.55. The Balaban J connectivity index is 2.78. The first-order valence-electron chi connectivity index (χ1n) is 4.94. The monoisotopic (exact) mass is 289 g/mol. The van der Waals surface area contributed by atoms with Crippen molar-refractivity contribution in [2.45, 2.75) is 39.7 Å². The summed E-state index contributed by atoms with van der Waals surface area (Å²) in [5.41, 5.74) is 0.973. The smallest absolute Gasteiger partial charge is 0.261 e. The molecule has 1 aromatic rings. The van der Waals surface area contributed by atoms with Crippen LogP contribution in [0.25, 0.3) is 0 Å². The van der Waals surface area contributed by atoms with E-state index in [1.54, 1.807) is 0 Å². The quantitative estimate of drug-likeness (QED) is 0.902. The van der Waals surface area contributed by atoms with Crippen LogP contribution < -0.4 is 5.32 Å². The molecule has 1 heterocycles. The molecular weight excluding hydrogens is 274 g/mol. The predicted molar refractivity (Wildman–Crippen MR) is 68.6 cm³/mol. The largest absolute Gasteiger partial charge is 0.346 e. The normalized spacial score (nSPS) is 11.5. The zero-order chi connectivity index (χ0) is 11.6. The van der Waals surface area contributed by atoms with Crippen molar-refractivity contribution in [2.24, 2.45) is 0 Å². The molecule has 0 saturated heterocycles. The minimum atomic E-state index is -0.137. The highest BCUT2D eigenvalue weighted by Crippen LogP contribution is 2.27. The molecule has 0 unspecified atom stereocenters. The Morgan fingerprint density at radius 3 is 2.60 bits per heavy atom. The third-order valence-corrected chi connectivity index (χ3v) is 4.55. The van der Waals surface area contributed by atoms with Crippen molar-refractivity contribution in [3.63, 3.8) is 0 Å². The van der Waals surface area contributed by atoms with Crippen LogP contribution in [-0.2, 0) is 0 Å². The molecule has 0 radical (unpaired) electrons. The zero-order valence-corrected chi connectivity index (χ0v) is 11.9. The van der Waals surface area contributed by atoms with Gasteiger partial charge in [-0.2, -0.15) is 0 Å². The Hall–Kier alpha value is -0.350. The molecule has 1 rings (SSSR count). The van der Waals surface area contributed by atoms with E-state index in [2.05, 4.69) is 28.2 Å². The first kappa shape index (κ1) is 12.7. The molecule has 0 fully saturated rings. The lowest BCUT2D eigenvalue weighted by molar-refractivity contribution is 0.0915. The molecule has 1 aromatic heterocycles. The third-order valence-electron chi connectivity index (χ3n) is 2.42. The standard InChI is InChI=1S/C11H16BrNOS/c1-5-11(3,4)13-10(14)8-6-7(2)9(12)15-8/h6H,5H2,1-4H3,(H,13,14). The summed E-state index contributed by atoms with van der Waals surface area (Å²) in [6.07, 6.45) is 0.921. The maximum absolute atomic E-state index is 11.9. The molecule has 1 N–H and O–H groups in total. The van der Waals surface area contributed by atoms with Gasteiger partial charge in [0.1, 0.15) is 0 Å². The van der Waals surface area contributed by atoms with Gasteiger partial charge >= 0.3 is 0 Å². The minimum absolute atomic E-state index is 0.0145. The Labute approximate surface area is 103 Å². The summed E-state index contributed by atoms with van der Waals surface area (Å²) in [5, 5.41) is 3.01. The molecule has 0 spiro atoms. The summed E-state index contributed by atoms with van der Waals surface area (Å²) in [7, 11) is 0. The second-order valence-electron chi connectivity index (χ2n) is 4.26. The lowest BCUT2D eigenvalue weighted by Gasteiger charge is -2.23. The van der Waals surface area contributed by atoms with Crippen LogP contribution in [-0.4, -0.2) is 11.4 Å². The molecule has 84 valence electrons. The second-order valence-corrected chi connectivity index (χ2v) is 6.63. The molecule has 0 aliphatic rings. The van der Waals surface area contributed by atoms with Gasteiger partial charge in [-0.3, -0.25) is 4.79 Å². The number of halogens is 1. The summed E-state index contributed by atoms with van der Waals surface area (Å²) in [4.78, 5) is 12.6. The lowest BCUT2D eigenvalue weighted by Crippen LogP contribution is -2.42. The molecule has 0 bridgehead atoms. The number of carbonyl (C=O) groups is 1. The maximum Gasteiger partial charge on any atom is 0.261 e. The highest BCUT2D eigenvalue weighted by molar-refractivity contribution is 9.11. The van der Waals surface area contributed by atoms with Crippen LogP contribution in [0.1, 0.15) is 42.4 Å². The van der Waals surface area contributed by atoms with Gasteiger partial charge in [0, 0.05) is 5.54 Å². The van der Waals surface area contributed by atoms with Gasteiger partial charge in [0.2, 0.25) is 0 Å². The van der Waals surface area contributed by atoms with Crippen molar-refractivity contribution in [2.75, 3.05) is 0 Å². The molecule has 0 aromatic carbocycles. The fourth-order valence-electron chi connectivity index (χ4n) is 1.03. The second kappa shape index (κ2) is 4.66. The van der Waals surface area contributed by atoms with Gasteiger partial charge in [-0.1, -0.05) is 6.92 Å². The number of hydrogen-bond donors (Lipinski definition) is 1. The average molecular weight is 290 g/mol. The number of thiophene rings is 1. The molecule has 0 aliphatic carbocycles. The third kappa shape index (κ3) is 3.31. The van der Waals surface area contributed by atoms with Crippen molar-refractivity contribution in [3.8, 4) is 0 Å². The van der Waals surface area contributed by atoms with Gasteiger partial charge in [0.05, 0.1) is 8.66 Å². The van der Waals surface area contributed by atoms with E-state index in [0.717, 1.165) is 20.6 Å². The van der Waals surface area contributed by atoms with Crippen LogP contribution in [0, 0.1) is 6.92 Å². The number of hydrogen-bond acceptors (Lipinski definition) is 2. The summed E-state index contributed by atoms with van der Waals surface area (Å²) >= 11 is 4.90. The van der Waals surface area contributed by atoms with E-state index in [-0.39, 0.29) is 11.4 Å². The molecule has 15 heavy (non-hydrogen) atoms. The van der Waals surface area contributed by atoms with Crippen LogP contribution in [0.15, 0.2) is 9.85 Å². The number of rotatable bonds is 3.